The minimum absolute atomic E-state index is 0.131. The molecule has 0 bridgehead atoms. The molecule has 1 heterocycles. The highest BCUT2D eigenvalue weighted by molar-refractivity contribution is 14.1. The Hall–Kier alpha value is -1.10. The molecule has 0 saturated heterocycles. The predicted molar refractivity (Wildman–Crippen MR) is 85.5 cm³/mol. The number of hydrogen-bond acceptors (Lipinski definition) is 1. The average molecular weight is 365 g/mol. The van der Waals surface area contributed by atoms with Crippen LogP contribution in [0.2, 0.25) is 0 Å². The van der Waals surface area contributed by atoms with Crippen LogP contribution in [0.15, 0.2) is 47.4 Å². The van der Waals surface area contributed by atoms with Crippen LogP contribution in [0.3, 0.4) is 0 Å². The number of halogens is 1. The van der Waals surface area contributed by atoms with E-state index in [0.29, 0.717) is 5.92 Å². The molecule has 0 spiro atoms. The van der Waals surface area contributed by atoms with Crippen LogP contribution in [0.1, 0.15) is 29.9 Å². The number of aromatic nitrogens is 1. The van der Waals surface area contributed by atoms with E-state index in [1.807, 2.05) is 22.9 Å². The third-order valence-corrected chi connectivity index (χ3v) is 4.71. The van der Waals surface area contributed by atoms with Crippen molar-refractivity contribution < 1.29 is 0 Å². The van der Waals surface area contributed by atoms with E-state index < -0.39 is 0 Å². The van der Waals surface area contributed by atoms with Crippen molar-refractivity contribution in [3.05, 3.63) is 67.6 Å². The summed E-state index contributed by atoms with van der Waals surface area (Å²) in [6, 6.07) is 12.5. The van der Waals surface area contributed by atoms with Gasteiger partial charge in [-0.1, -0.05) is 24.3 Å². The summed E-state index contributed by atoms with van der Waals surface area (Å²) in [5.41, 5.74) is 3.02. The van der Waals surface area contributed by atoms with Gasteiger partial charge in [0.05, 0.1) is 3.57 Å². The van der Waals surface area contributed by atoms with Gasteiger partial charge in [0.2, 0.25) is 0 Å². The number of hydrogen-bond donors (Lipinski definition) is 0. The van der Waals surface area contributed by atoms with Gasteiger partial charge in [0.25, 0.3) is 5.56 Å². The molecule has 0 aliphatic heterocycles. The molecule has 1 atom stereocenters. The Morgan fingerprint density at radius 1 is 1.21 bits per heavy atom. The van der Waals surface area contributed by atoms with Crippen LogP contribution in [-0.4, -0.2) is 4.57 Å². The van der Waals surface area contributed by atoms with Crippen LogP contribution in [-0.2, 0) is 13.0 Å². The van der Waals surface area contributed by atoms with E-state index >= 15 is 0 Å². The molecule has 1 aromatic heterocycles. The maximum atomic E-state index is 12.1. The van der Waals surface area contributed by atoms with E-state index in [-0.39, 0.29) is 5.56 Å². The summed E-state index contributed by atoms with van der Waals surface area (Å²) in [6.07, 6.45) is 5.48. The molecule has 3 rings (SSSR count). The molecule has 3 heteroatoms. The van der Waals surface area contributed by atoms with Gasteiger partial charge in [0.1, 0.15) is 0 Å². The van der Waals surface area contributed by atoms with E-state index in [9.17, 15) is 4.79 Å². The van der Waals surface area contributed by atoms with Crippen molar-refractivity contribution in [2.75, 3.05) is 0 Å². The third kappa shape index (κ3) is 2.61. The van der Waals surface area contributed by atoms with Crippen molar-refractivity contribution in [3.63, 3.8) is 0 Å². The van der Waals surface area contributed by atoms with Gasteiger partial charge in [0, 0.05) is 18.7 Å². The van der Waals surface area contributed by atoms with Crippen molar-refractivity contribution in [1.29, 1.82) is 0 Å². The number of pyridine rings is 1. The second kappa shape index (κ2) is 5.49. The van der Waals surface area contributed by atoms with Crippen LogP contribution in [0, 0.1) is 3.57 Å². The van der Waals surface area contributed by atoms with Crippen molar-refractivity contribution in [2.24, 2.45) is 0 Å². The van der Waals surface area contributed by atoms with E-state index in [0.717, 1.165) is 10.1 Å². The largest absolute Gasteiger partial charge is 0.314 e. The van der Waals surface area contributed by atoms with Crippen LogP contribution < -0.4 is 5.56 Å². The van der Waals surface area contributed by atoms with E-state index in [1.165, 1.54) is 30.4 Å². The molecule has 1 aliphatic rings. The fourth-order valence-electron chi connectivity index (χ4n) is 2.93. The second-order valence-electron chi connectivity index (χ2n) is 5.10. The van der Waals surface area contributed by atoms with Crippen LogP contribution in [0.25, 0.3) is 0 Å². The number of fused-ring (bicyclic) bond motifs is 1. The van der Waals surface area contributed by atoms with Gasteiger partial charge < -0.3 is 4.57 Å². The molecule has 0 amide bonds. The highest BCUT2D eigenvalue weighted by Crippen LogP contribution is 2.32. The number of benzene rings is 1. The van der Waals surface area contributed by atoms with Crippen molar-refractivity contribution in [2.45, 2.75) is 31.7 Å². The molecule has 1 aromatic carbocycles. The SMILES string of the molecule is O=c1c(I)cccn1CC1CCCc2ccccc21. The molecule has 0 radical (unpaired) electrons. The molecule has 1 aliphatic carbocycles. The van der Waals surface area contributed by atoms with Crippen LogP contribution >= 0.6 is 22.6 Å². The molecule has 1 unspecified atom stereocenters. The van der Waals surface area contributed by atoms with Gasteiger partial charge in [-0.3, -0.25) is 4.79 Å². The monoisotopic (exact) mass is 365 g/mol. The highest BCUT2D eigenvalue weighted by Gasteiger charge is 2.20. The zero-order valence-corrected chi connectivity index (χ0v) is 12.8. The first-order valence-electron chi connectivity index (χ1n) is 6.68. The number of aryl methyl sites for hydroxylation is 1. The molecule has 0 saturated carbocycles. The number of nitrogens with zero attached hydrogens (tertiary/aromatic N) is 1. The lowest BCUT2D eigenvalue weighted by molar-refractivity contribution is 0.475. The maximum Gasteiger partial charge on any atom is 0.263 e. The molecule has 2 nitrogen and oxygen atoms in total. The standard InChI is InChI=1S/C16H16INO/c17-15-9-4-10-18(16(15)19)11-13-7-3-6-12-5-1-2-8-14(12)13/h1-2,4-5,8-10,13H,3,6-7,11H2. The lowest BCUT2D eigenvalue weighted by Crippen LogP contribution is -2.25. The minimum Gasteiger partial charge on any atom is -0.314 e. The summed E-state index contributed by atoms with van der Waals surface area (Å²) >= 11 is 2.11. The van der Waals surface area contributed by atoms with Gasteiger partial charge in [-0.25, -0.2) is 0 Å². The molecule has 19 heavy (non-hydrogen) atoms. The Morgan fingerprint density at radius 3 is 2.95 bits per heavy atom. The van der Waals surface area contributed by atoms with Gasteiger partial charge in [-0.05, 0) is 65.1 Å². The fraction of sp³-hybridized carbons (Fsp3) is 0.312. The lowest BCUT2D eigenvalue weighted by Gasteiger charge is -2.26. The maximum absolute atomic E-state index is 12.1. The Balaban J connectivity index is 1.93. The summed E-state index contributed by atoms with van der Waals surface area (Å²) in [5.74, 6) is 0.473. The summed E-state index contributed by atoms with van der Waals surface area (Å²) < 4.78 is 2.65. The Bertz CT molecular complexity index is 647. The quantitative estimate of drug-likeness (QED) is 0.746. The molecule has 0 fully saturated rings. The molecule has 2 aromatic rings. The molecular formula is C16H16INO. The first-order chi connectivity index (χ1) is 9.25. The first-order valence-corrected chi connectivity index (χ1v) is 7.76. The third-order valence-electron chi connectivity index (χ3n) is 3.88. The Labute approximate surface area is 126 Å². The average Bonchev–Trinajstić information content (AvgIpc) is 2.44. The van der Waals surface area contributed by atoms with E-state index in [2.05, 4.69) is 46.9 Å². The van der Waals surface area contributed by atoms with Crippen LogP contribution in [0.5, 0.6) is 0 Å². The molecule has 98 valence electrons. The Kier molecular flexibility index (Phi) is 3.73. The minimum atomic E-state index is 0.131. The summed E-state index contributed by atoms with van der Waals surface area (Å²) in [5, 5.41) is 0. The van der Waals surface area contributed by atoms with Gasteiger partial charge in [-0.15, -0.1) is 0 Å². The van der Waals surface area contributed by atoms with Gasteiger partial charge in [0.15, 0.2) is 0 Å². The molecular weight excluding hydrogens is 349 g/mol. The second-order valence-corrected chi connectivity index (χ2v) is 6.26. The zero-order valence-electron chi connectivity index (χ0n) is 10.7. The topological polar surface area (TPSA) is 22.0 Å². The number of rotatable bonds is 2. The van der Waals surface area contributed by atoms with Gasteiger partial charge in [-0.2, -0.15) is 0 Å². The molecule has 0 N–H and O–H groups in total. The smallest absolute Gasteiger partial charge is 0.263 e. The van der Waals surface area contributed by atoms with E-state index in [1.54, 1.807) is 0 Å². The summed E-state index contributed by atoms with van der Waals surface area (Å²) in [7, 11) is 0. The lowest BCUT2D eigenvalue weighted by atomic mass is 9.83. The van der Waals surface area contributed by atoms with Crippen molar-refractivity contribution in [1.82, 2.24) is 4.57 Å². The van der Waals surface area contributed by atoms with Crippen molar-refractivity contribution in [3.8, 4) is 0 Å². The van der Waals surface area contributed by atoms with E-state index in [4.69, 9.17) is 0 Å². The zero-order chi connectivity index (χ0) is 13.2. The highest BCUT2D eigenvalue weighted by atomic mass is 127. The fourth-order valence-corrected chi connectivity index (χ4v) is 3.45. The normalized spacial score (nSPS) is 18.1. The Morgan fingerprint density at radius 2 is 2.05 bits per heavy atom. The first kappa shape index (κ1) is 12.9. The van der Waals surface area contributed by atoms with Gasteiger partial charge >= 0.3 is 0 Å². The summed E-state index contributed by atoms with van der Waals surface area (Å²) in [6.45, 7) is 0.798. The van der Waals surface area contributed by atoms with Crippen molar-refractivity contribution >= 4 is 22.6 Å². The predicted octanol–water partition coefficient (Wildman–Crippen LogP) is 3.57. The van der Waals surface area contributed by atoms with Crippen LogP contribution in [0.4, 0.5) is 0 Å². The summed E-state index contributed by atoms with van der Waals surface area (Å²) in [4.78, 5) is 12.1.